The smallest absolute Gasteiger partial charge is 0.332 e. The van der Waals surface area contributed by atoms with Gasteiger partial charge in [0, 0.05) is 13.1 Å². The minimum absolute atomic E-state index is 0.0251. The van der Waals surface area contributed by atoms with Gasteiger partial charge in [0.15, 0.2) is 0 Å². The number of carbonyl (C=O) groups excluding carboxylic acids is 4. The number of hydrogen-bond donors (Lipinski definition) is 2. The van der Waals surface area contributed by atoms with Gasteiger partial charge in [-0.15, -0.1) is 11.3 Å². The minimum Gasteiger partial charge on any atom is -0.458 e. The van der Waals surface area contributed by atoms with Crippen LogP contribution in [0.5, 0.6) is 0 Å². The Morgan fingerprint density at radius 2 is 1.62 bits per heavy atom. The summed E-state index contributed by atoms with van der Waals surface area (Å²) in [5, 5.41) is 5.98. The number of thiazole rings is 1. The Morgan fingerprint density at radius 1 is 0.960 bits per heavy atom. The van der Waals surface area contributed by atoms with Gasteiger partial charge in [-0.3, -0.25) is 14.4 Å². The van der Waals surface area contributed by atoms with Crippen molar-refractivity contribution in [2.24, 2.45) is 5.41 Å². The third kappa shape index (κ3) is 12.8. The van der Waals surface area contributed by atoms with Crippen molar-refractivity contribution in [3.8, 4) is 10.4 Å². The fourth-order valence-corrected chi connectivity index (χ4v) is 6.51. The number of amides is 3. The third-order valence-corrected chi connectivity index (χ3v) is 9.45. The Kier molecular flexibility index (Phi) is 13.8. The first kappa shape index (κ1) is 41.1. The first-order valence-electron chi connectivity index (χ1n) is 17.4. The number of nitrogens with zero attached hydrogens (tertiary/aromatic N) is 2. The van der Waals surface area contributed by atoms with Crippen molar-refractivity contribution >= 4 is 35.0 Å². The van der Waals surface area contributed by atoms with Gasteiger partial charge in [-0.05, 0) is 91.2 Å². The van der Waals surface area contributed by atoms with Gasteiger partial charge < -0.3 is 29.7 Å². The van der Waals surface area contributed by atoms with Crippen LogP contribution in [0.1, 0.15) is 106 Å². The Hall–Kier alpha value is -3.35. The Bertz CT molecular complexity index is 1470. The fourth-order valence-electron chi connectivity index (χ4n) is 5.70. The summed E-state index contributed by atoms with van der Waals surface area (Å²) < 4.78 is 17.2. The van der Waals surface area contributed by atoms with Gasteiger partial charge in [0.2, 0.25) is 17.7 Å². The van der Waals surface area contributed by atoms with Gasteiger partial charge in [-0.1, -0.05) is 45.0 Å². The molecule has 1 aliphatic heterocycles. The summed E-state index contributed by atoms with van der Waals surface area (Å²) in [6, 6.07) is 6.60. The number of aromatic nitrogens is 1. The number of carbonyl (C=O) groups is 4. The second kappa shape index (κ2) is 16.8. The van der Waals surface area contributed by atoms with E-state index in [2.05, 4.69) is 15.6 Å². The number of ether oxygens (including phenoxy) is 3. The largest absolute Gasteiger partial charge is 0.458 e. The van der Waals surface area contributed by atoms with E-state index in [0.29, 0.717) is 39.0 Å². The molecule has 50 heavy (non-hydrogen) atoms. The molecule has 0 aliphatic carbocycles. The lowest BCUT2D eigenvalue weighted by Gasteiger charge is -2.36. The zero-order chi connectivity index (χ0) is 37.5. The molecular weight excluding hydrogens is 657 g/mol. The molecule has 2 heterocycles. The lowest BCUT2D eigenvalue weighted by molar-refractivity contribution is -0.167. The molecule has 2 atom stereocenters. The van der Waals surface area contributed by atoms with Gasteiger partial charge in [0.05, 0.1) is 40.3 Å². The number of benzene rings is 1. The van der Waals surface area contributed by atoms with Crippen LogP contribution < -0.4 is 10.6 Å². The maximum Gasteiger partial charge on any atom is 0.332 e. The summed E-state index contributed by atoms with van der Waals surface area (Å²) in [6.45, 7) is 21.4. The molecule has 1 saturated heterocycles. The van der Waals surface area contributed by atoms with Crippen LogP contribution >= 0.6 is 11.3 Å². The second-order valence-electron chi connectivity index (χ2n) is 16.4. The summed E-state index contributed by atoms with van der Waals surface area (Å²) in [5.41, 5.74) is 2.20. The van der Waals surface area contributed by atoms with E-state index in [4.69, 9.17) is 14.2 Å². The fraction of sp³-hybridized carbons (Fsp3) is 0.658. The highest BCUT2D eigenvalue weighted by molar-refractivity contribution is 7.13. The van der Waals surface area contributed by atoms with Gasteiger partial charge >= 0.3 is 5.97 Å². The number of nitrogens with one attached hydrogen (secondary N) is 2. The highest BCUT2D eigenvalue weighted by Crippen LogP contribution is 2.29. The lowest BCUT2D eigenvalue weighted by Crippen LogP contribution is -2.58. The van der Waals surface area contributed by atoms with E-state index in [-0.39, 0.29) is 30.7 Å². The van der Waals surface area contributed by atoms with Crippen LogP contribution in [0.4, 0.5) is 0 Å². The molecule has 278 valence electrons. The van der Waals surface area contributed by atoms with Crippen LogP contribution in [-0.2, 0) is 39.9 Å². The highest BCUT2D eigenvalue weighted by atomic mass is 32.1. The summed E-state index contributed by atoms with van der Waals surface area (Å²) in [4.78, 5) is 59.8. The van der Waals surface area contributed by atoms with Crippen molar-refractivity contribution in [1.82, 2.24) is 20.5 Å². The van der Waals surface area contributed by atoms with E-state index >= 15 is 0 Å². The first-order valence-corrected chi connectivity index (χ1v) is 18.3. The second-order valence-corrected chi connectivity index (χ2v) is 17.3. The summed E-state index contributed by atoms with van der Waals surface area (Å²) in [5.74, 6) is -1.22. The van der Waals surface area contributed by atoms with Crippen LogP contribution in [0.15, 0.2) is 29.8 Å². The van der Waals surface area contributed by atoms with E-state index in [1.165, 1.54) is 0 Å². The quantitative estimate of drug-likeness (QED) is 0.216. The van der Waals surface area contributed by atoms with E-state index < -0.39 is 40.3 Å². The topological polar surface area (TPSA) is 136 Å². The molecular formula is C38H58N4O7S. The normalized spacial score (nSPS) is 16.2. The minimum atomic E-state index is -0.831. The van der Waals surface area contributed by atoms with Gasteiger partial charge in [0.25, 0.3) is 0 Å². The lowest BCUT2D eigenvalue weighted by atomic mass is 9.85. The molecule has 0 radical (unpaired) electrons. The maximum absolute atomic E-state index is 14.0. The van der Waals surface area contributed by atoms with Crippen molar-refractivity contribution < 1.29 is 33.4 Å². The summed E-state index contributed by atoms with van der Waals surface area (Å²) in [7, 11) is 0. The standard InChI is InChI=1S/C38H58N4O7S/c1-25-31(50-24-40-25)27-16-14-26(15-17-27)22-39-33(45)28-13-12-19-42(28)34(46)32(35(2,3)4)41-29(43)21-38(10,11)47-20-18-37(8,9)48-23-30(44)49-36(5,6)7/h14-17,24,28,32H,12-13,18-23H2,1-11H3,(H,39,45)(H,41,43)/t28-,32+/m0/s1. The average Bonchev–Trinajstić information content (AvgIpc) is 3.65. The molecule has 2 aromatic rings. The van der Waals surface area contributed by atoms with Crippen LogP contribution in [0.2, 0.25) is 0 Å². The molecule has 11 nitrogen and oxygen atoms in total. The molecule has 1 aliphatic rings. The summed E-state index contributed by atoms with van der Waals surface area (Å²) in [6.07, 6.45) is 1.78. The molecule has 12 heteroatoms. The van der Waals surface area contributed by atoms with Crippen molar-refractivity contribution in [2.45, 2.75) is 137 Å². The Morgan fingerprint density at radius 3 is 2.20 bits per heavy atom. The van der Waals surface area contributed by atoms with Crippen molar-refractivity contribution in [1.29, 1.82) is 0 Å². The van der Waals surface area contributed by atoms with Gasteiger partial charge in [-0.25, -0.2) is 9.78 Å². The van der Waals surface area contributed by atoms with Crippen molar-refractivity contribution in [2.75, 3.05) is 19.8 Å². The molecule has 0 unspecified atom stereocenters. The summed E-state index contributed by atoms with van der Waals surface area (Å²) >= 11 is 1.60. The van der Waals surface area contributed by atoms with Crippen molar-refractivity contribution in [3.63, 3.8) is 0 Å². The SMILES string of the molecule is Cc1ncsc1-c1ccc(CNC(=O)[C@@H]2CCCN2C(=O)[C@@H](NC(=O)CC(C)(C)OCCC(C)(C)OCC(=O)OC(C)(C)C)C(C)(C)C)cc1. The zero-order valence-corrected chi connectivity index (χ0v) is 32.7. The number of likely N-dealkylation sites (tertiary alicyclic amines) is 1. The molecule has 0 bridgehead atoms. The van der Waals surface area contributed by atoms with E-state index in [0.717, 1.165) is 21.7 Å². The third-order valence-electron chi connectivity index (χ3n) is 8.47. The van der Waals surface area contributed by atoms with E-state index in [1.54, 1.807) is 37.0 Å². The monoisotopic (exact) mass is 714 g/mol. The molecule has 0 saturated carbocycles. The van der Waals surface area contributed by atoms with Crippen LogP contribution in [0.25, 0.3) is 10.4 Å². The van der Waals surface area contributed by atoms with E-state index in [1.807, 2.05) is 85.2 Å². The number of rotatable bonds is 15. The van der Waals surface area contributed by atoms with Crippen LogP contribution in [0, 0.1) is 12.3 Å². The predicted octanol–water partition coefficient (Wildman–Crippen LogP) is 5.97. The molecule has 1 fully saturated rings. The maximum atomic E-state index is 14.0. The zero-order valence-electron chi connectivity index (χ0n) is 31.9. The Labute approximate surface area is 302 Å². The van der Waals surface area contributed by atoms with Crippen LogP contribution in [0.3, 0.4) is 0 Å². The number of esters is 1. The molecule has 3 rings (SSSR count). The van der Waals surface area contributed by atoms with Gasteiger partial charge in [0.1, 0.15) is 24.3 Å². The number of aryl methyl sites for hydroxylation is 1. The molecule has 3 amide bonds. The molecule has 0 spiro atoms. The van der Waals surface area contributed by atoms with Crippen molar-refractivity contribution in [3.05, 3.63) is 41.0 Å². The highest BCUT2D eigenvalue weighted by Gasteiger charge is 2.42. The molecule has 2 N–H and O–H groups in total. The predicted molar refractivity (Wildman–Crippen MR) is 195 cm³/mol. The van der Waals surface area contributed by atoms with Gasteiger partial charge in [-0.2, -0.15) is 0 Å². The first-order chi connectivity index (χ1) is 23.1. The average molecular weight is 715 g/mol. The molecule has 1 aromatic carbocycles. The van der Waals surface area contributed by atoms with Crippen LogP contribution in [-0.4, -0.2) is 82.2 Å². The molecule has 1 aromatic heterocycles. The van der Waals surface area contributed by atoms with E-state index in [9.17, 15) is 19.2 Å². The number of hydrogen-bond acceptors (Lipinski definition) is 9. The Balaban J connectivity index is 1.53.